The minimum atomic E-state index is -0.725. The van der Waals surface area contributed by atoms with Crippen LogP contribution in [-0.4, -0.2) is 39.8 Å². The molecule has 0 aromatic heterocycles. The van der Waals surface area contributed by atoms with E-state index in [9.17, 15) is 13.6 Å². The van der Waals surface area contributed by atoms with Crippen molar-refractivity contribution in [1.82, 2.24) is 5.32 Å². The van der Waals surface area contributed by atoms with Crippen LogP contribution in [0.25, 0.3) is 0 Å². The molecule has 1 aromatic carbocycles. The van der Waals surface area contributed by atoms with Crippen molar-refractivity contribution in [2.24, 2.45) is 5.73 Å². The number of benzene rings is 1. The second-order valence-electron chi connectivity index (χ2n) is 4.40. The number of amides is 1. The molecule has 112 valence electrons. The predicted molar refractivity (Wildman–Crippen MR) is 72.4 cm³/mol. The summed E-state index contributed by atoms with van der Waals surface area (Å²) in [5.74, 6) is -2.11. The van der Waals surface area contributed by atoms with Gasteiger partial charge >= 0.3 is 0 Å². The summed E-state index contributed by atoms with van der Waals surface area (Å²) in [7, 11) is 2.98. The molecular weight excluding hydrogens is 268 g/mol. The Labute approximate surface area is 116 Å². The van der Waals surface area contributed by atoms with E-state index in [2.05, 4.69) is 5.32 Å². The van der Waals surface area contributed by atoms with Crippen LogP contribution in [0, 0.1) is 11.6 Å². The number of ether oxygens (including phenoxy) is 1. The minimum Gasteiger partial charge on any atom is -0.383 e. The normalized spacial score (nSPS) is 10.6. The van der Waals surface area contributed by atoms with Crippen LogP contribution < -0.4 is 16.0 Å². The molecule has 0 heterocycles. The number of nitrogens with zero attached hydrogens (tertiary/aromatic N) is 1. The van der Waals surface area contributed by atoms with E-state index in [-0.39, 0.29) is 12.2 Å². The van der Waals surface area contributed by atoms with E-state index in [4.69, 9.17) is 10.5 Å². The SMILES string of the molecule is COCCNCc1cc(F)c(N(C)CC(N)=O)c(F)c1. The smallest absolute Gasteiger partial charge is 0.236 e. The van der Waals surface area contributed by atoms with Crippen LogP contribution in [0.1, 0.15) is 5.56 Å². The standard InChI is InChI=1S/C13H19F2N3O2/c1-18(8-12(16)19)13-10(14)5-9(6-11(13)15)7-17-3-4-20-2/h5-6,17H,3-4,7-8H2,1-2H3,(H2,16,19). The zero-order chi connectivity index (χ0) is 15.1. The summed E-state index contributed by atoms with van der Waals surface area (Å²) in [5.41, 5.74) is 5.23. The highest BCUT2D eigenvalue weighted by Crippen LogP contribution is 2.23. The van der Waals surface area contributed by atoms with E-state index in [1.165, 1.54) is 19.2 Å². The average Bonchev–Trinajstić information content (AvgIpc) is 2.33. The largest absolute Gasteiger partial charge is 0.383 e. The highest BCUT2D eigenvalue weighted by molar-refractivity contribution is 5.79. The quantitative estimate of drug-likeness (QED) is 0.688. The van der Waals surface area contributed by atoms with Crippen molar-refractivity contribution in [2.75, 3.05) is 38.8 Å². The Morgan fingerprint density at radius 3 is 2.50 bits per heavy atom. The first-order valence-corrected chi connectivity index (χ1v) is 6.12. The maximum Gasteiger partial charge on any atom is 0.236 e. The maximum atomic E-state index is 13.9. The first-order valence-electron chi connectivity index (χ1n) is 6.12. The number of halogens is 2. The molecule has 0 radical (unpaired) electrons. The Bertz CT molecular complexity index is 446. The van der Waals surface area contributed by atoms with Gasteiger partial charge in [0, 0.05) is 27.2 Å². The van der Waals surface area contributed by atoms with Gasteiger partial charge in [-0.15, -0.1) is 0 Å². The summed E-state index contributed by atoms with van der Waals surface area (Å²) in [6.07, 6.45) is 0. The van der Waals surface area contributed by atoms with E-state index < -0.39 is 17.5 Å². The molecule has 0 bridgehead atoms. The molecule has 0 unspecified atom stereocenters. The molecular formula is C13H19F2N3O2. The van der Waals surface area contributed by atoms with Crippen molar-refractivity contribution in [2.45, 2.75) is 6.54 Å². The highest BCUT2D eigenvalue weighted by Gasteiger charge is 2.16. The van der Waals surface area contributed by atoms with E-state index in [0.29, 0.717) is 25.3 Å². The number of nitrogens with two attached hydrogens (primary N) is 1. The van der Waals surface area contributed by atoms with Crippen LogP contribution in [0.3, 0.4) is 0 Å². The summed E-state index contributed by atoms with van der Waals surface area (Å²) < 4.78 is 32.7. The molecule has 20 heavy (non-hydrogen) atoms. The van der Waals surface area contributed by atoms with Crippen LogP contribution >= 0.6 is 0 Å². The van der Waals surface area contributed by atoms with Crippen LogP contribution in [0.2, 0.25) is 0 Å². The summed E-state index contributed by atoms with van der Waals surface area (Å²) in [5, 5.41) is 2.99. The third-order valence-corrected chi connectivity index (χ3v) is 2.66. The fraction of sp³-hybridized carbons (Fsp3) is 0.462. The second-order valence-corrected chi connectivity index (χ2v) is 4.40. The fourth-order valence-corrected chi connectivity index (χ4v) is 1.80. The van der Waals surface area contributed by atoms with E-state index in [1.807, 2.05) is 0 Å². The zero-order valence-electron chi connectivity index (χ0n) is 11.6. The zero-order valence-corrected chi connectivity index (χ0v) is 11.6. The van der Waals surface area contributed by atoms with E-state index in [0.717, 1.165) is 4.90 Å². The van der Waals surface area contributed by atoms with Gasteiger partial charge in [0.15, 0.2) is 0 Å². The number of carbonyl (C=O) groups is 1. The number of hydrogen-bond donors (Lipinski definition) is 2. The highest BCUT2D eigenvalue weighted by atomic mass is 19.1. The van der Waals surface area contributed by atoms with Crippen molar-refractivity contribution < 1.29 is 18.3 Å². The molecule has 5 nitrogen and oxygen atoms in total. The van der Waals surface area contributed by atoms with Crippen molar-refractivity contribution >= 4 is 11.6 Å². The lowest BCUT2D eigenvalue weighted by atomic mass is 10.1. The molecule has 7 heteroatoms. The number of rotatable bonds is 8. The average molecular weight is 287 g/mol. The molecule has 0 aliphatic rings. The molecule has 0 saturated heterocycles. The van der Waals surface area contributed by atoms with Crippen molar-refractivity contribution in [3.63, 3.8) is 0 Å². The molecule has 3 N–H and O–H groups in total. The Kier molecular flexibility index (Phi) is 6.33. The Morgan fingerprint density at radius 1 is 1.40 bits per heavy atom. The van der Waals surface area contributed by atoms with Gasteiger partial charge in [0.05, 0.1) is 13.2 Å². The minimum absolute atomic E-state index is 0.251. The monoisotopic (exact) mass is 287 g/mol. The van der Waals surface area contributed by atoms with Gasteiger partial charge in [-0.3, -0.25) is 4.79 Å². The predicted octanol–water partition coefficient (Wildman–Crippen LogP) is 0.622. The molecule has 0 atom stereocenters. The maximum absolute atomic E-state index is 13.9. The van der Waals surface area contributed by atoms with Crippen LogP contribution in [-0.2, 0) is 16.1 Å². The van der Waals surface area contributed by atoms with Crippen LogP contribution in [0.4, 0.5) is 14.5 Å². The Hall–Kier alpha value is -1.73. The number of methoxy groups -OCH3 is 1. The van der Waals surface area contributed by atoms with Crippen LogP contribution in [0.5, 0.6) is 0 Å². The van der Waals surface area contributed by atoms with Gasteiger partial charge in [-0.25, -0.2) is 8.78 Å². The third kappa shape index (κ3) is 4.75. The number of hydrogen-bond acceptors (Lipinski definition) is 4. The van der Waals surface area contributed by atoms with E-state index >= 15 is 0 Å². The second kappa shape index (κ2) is 7.76. The number of nitrogens with one attached hydrogen (secondary N) is 1. The van der Waals surface area contributed by atoms with E-state index in [1.54, 1.807) is 7.11 Å². The lowest BCUT2D eigenvalue weighted by Crippen LogP contribution is -2.31. The molecule has 0 aliphatic heterocycles. The Morgan fingerprint density at radius 2 is 2.00 bits per heavy atom. The van der Waals surface area contributed by atoms with Crippen molar-refractivity contribution in [1.29, 1.82) is 0 Å². The third-order valence-electron chi connectivity index (χ3n) is 2.66. The summed E-state index contributed by atoms with van der Waals surface area (Å²) >= 11 is 0. The summed E-state index contributed by atoms with van der Waals surface area (Å²) in [4.78, 5) is 11.9. The van der Waals surface area contributed by atoms with Gasteiger partial charge in [0.1, 0.15) is 17.3 Å². The lowest BCUT2D eigenvalue weighted by Gasteiger charge is -2.19. The molecule has 1 aromatic rings. The van der Waals surface area contributed by atoms with Gasteiger partial charge < -0.3 is 20.7 Å². The number of primary amides is 1. The molecule has 0 spiro atoms. The molecule has 1 amide bonds. The first-order chi connectivity index (χ1) is 9.45. The summed E-state index contributed by atoms with van der Waals surface area (Å²) in [6.45, 7) is 1.18. The van der Waals surface area contributed by atoms with Gasteiger partial charge in [-0.05, 0) is 17.7 Å². The number of carbonyl (C=O) groups excluding carboxylic acids is 1. The van der Waals surface area contributed by atoms with Crippen LogP contribution in [0.15, 0.2) is 12.1 Å². The molecule has 0 saturated carbocycles. The Balaban J connectivity index is 2.78. The number of likely N-dealkylation sites (N-methyl/N-ethyl adjacent to an activating group) is 1. The van der Waals surface area contributed by atoms with Crippen molar-refractivity contribution in [3.05, 3.63) is 29.3 Å². The van der Waals surface area contributed by atoms with Gasteiger partial charge in [0.25, 0.3) is 0 Å². The van der Waals surface area contributed by atoms with Gasteiger partial charge in [0.2, 0.25) is 5.91 Å². The topological polar surface area (TPSA) is 67.6 Å². The van der Waals surface area contributed by atoms with Crippen molar-refractivity contribution in [3.8, 4) is 0 Å². The molecule has 0 fully saturated rings. The number of anilines is 1. The molecule has 1 rings (SSSR count). The van der Waals surface area contributed by atoms with Gasteiger partial charge in [-0.1, -0.05) is 0 Å². The van der Waals surface area contributed by atoms with Gasteiger partial charge in [-0.2, -0.15) is 0 Å². The fourth-order valence-electron chi connectivity index (χ4n) is 1.80. The summed E-state index contributed by atoms with van der Waals surface area (Å²) in [6, 6.07) is 2.46. The first kappa shape index (κ1) is 16.3. The molecule has 0 aliphatic carbocycles. The lowest BCUT2D eigenvalue weighted by molar-refractivity contribution is -0.116.